The number of hydrogen-bond acceptors (Lipinski definition) is 7. The van der Waals surface area contributed by atoms with Gasteiger partial charge in [-0.1, -0.05) is 36.4 Å². The van der Waals surface area contributed by atoms with Gasteiger partial charge in [0.05, 0.1) is 44.4 Å². The molecule has 0 unspecified atom stereocenters. The van der Waals surface area contributed by atoms with Gasteiger partial charge in [0.15, 0.2) is 6.29 Å². The van der Waals surface area contributed by atoms with Crippen LogP contribution in [-0.2, 0) is 14.2 Å². The second kappa shape index (κ2) is 10.1. The highest BCUT2D eigenvalue weighted by Gasteiger charge is 2.25. The first kappa shape index (κ1) is 19.4. The molecule has 7 heteroatoms. The number of nitrogens with one attached hydrogen (secondary N) is 1. The van der Waals surface area contributed by atoms with Crippen molar-refractivity contribution >= 4 is 11.4 Å². The molecule has 0 radical (unpaired) electrons. The maximum Gasteiger partial charge on any atom is 0.184 e. The summed E-state index contributed by atoms with van der Waals surface area (Å²) >= 11 is 0. The van der Waals surface area contributed by atoms with Crippen LogP contribution in [0.25, 0.3) is 0 Å². The van der Waals surface area contributed by atoms with Crippen LogP contribution in [0.15, 0.2) is 48.5 Å². The maximum absolute atomic E-state index is 8.70. The Bertz CT molecular complexity index is 690. The molecule has 0 saturated carbocycles. The molecule has 27 heavy (non-hydrogen) atoms. The number of para-hydroxylation sites is 1. The van der Waals surface area contributed by atoms with Crippen LogP contribution in [0, 0.1) is 0 Å². The number of benzene rings is 2. The van der Waals surface area contributed by atoms with Gasteiger partial charge in [0.2, 0.25) is 0 Å². The van der Waals surface area contributed by atoms with E-state index in [2.05, 4.69) is 5.32 Å². The molecule has 2 aromatic carbocycles. The molecule has 1 aliphatic rings. The second-order valence-corrected chi connectivity index (χ2v) is 6.13. The summed E-state index contributed by atoms with van der Waals surface area (Å²) < 4.78 is 22.8. The van der Waals surface area contributed by atoms with Crippen molar-refractivity contribution in [3.05, 3.63) is 54.1 Å². The summed E-state index contributed by atoms with van der Waals surface area (Å²) in [6.45, 7) is 2.25. The van der Waals surface area contributed by atoms with Crippen LogP contribution < -0.4 is 15.8 Å². The van der Waals surface area contributed by atoms with Crippen molar-refractivity contribution < 1.29 is 24.1 Å². The summed E-state index contributed by atoms with van der Waals surface area (Å²) in [6.07, 6.45) is -0.592. The molecule has 1 heterocycles. The predicted molar refractivity (Wildman–Crippen MR) is 103 cm³/mol. The average molecular weight is 374 g/mol. The van der Waals surface area contributed by atoms with E-state index >= 15 is 0 Å². The van der Waals surface area contributed by atoms with Gasteiger partial charge >= 0.3 is 0 Å². The fraction of sp³-hybridized carbons (Fsp3) is 0.400. The predicted octanol–water partition coefficient (Wildman–Crippen LogP) is 2.18. The Hall–Kier alpha value is -2.32. The number of rotatable bonds is 9. The number of nitrogens with two attached hydrogens (primary N) is 1. The average Bonchev–Trinajstić information content (AvgIpc) is 2.72. The van der Waals surface area contributed by atoms with Crippen LogP contribution in [0.5, 0.6) is 5.75 Å². The molecule has 0 aromatic heterocycles. The summed E-state index contributed by atoms with van der Waals surface area (Å²) in [5, 5.41) is 11.9. The Labute approximate surface area is 159 Å². The lowest BCUT2D eigenvalue weighted by molar-refractivity contribution is -0.215. The fourth-order valence-corrected chi connectivity index (χ4v) is 2.76. The number of ether oxygens (including phenoxy) is 4. The van der Waals surface area contributed by atoms with Crippen LogP contribution >= 0.6 is 0 Å². The summed E-state index contributed by atoms with van der Waals surface area (Å²) in [7, 11) is 0. The topological polar surface area (TPSA) is 95.2 Å². The third-order valence-corrected chi connectivity index (χ3v) is 4.10. The maximum atomic E-state index is 8.70. The van der Waals surface area contributed by atoms with E-state index in [4.69, 9.17) is 29.8 Å². The molecule has 1 fully saturated rings. The Kier molecular flexibility index (Phi) is 7.29. The quantitative estimate of drug-likeness (QED) is 0.457. The third kappa shape index (κ3) is 5.58. The molecule has 146 valence electrons. The van der Waals surface area contributed by atoms with E-state index in [1.807, 2.05) is 48.5 Å². The summed E-state index contributed by atoms with van der Waals surface area (Å²) in [6, 6.07) is 15.4. The molecular weight excluding hydrogens is 348 g/mol. The molecule has 3 rings (SSSR count). The van der Waals surface area contributed by atoms with Gasteiger partial charge < -0.3 is 35.1 Å². The van der Waals surface area contributed by atoms with Gasteiger partial charge in [-0.15, -0.1) is 0 Å². The van der Waals surface area contributed by atoms with Crippen LogP contribution in [0.1, 0.15) is 11.9 Å². The van der Waals surface area contributed by atoms with Crippen molar-refractivity contribution in [2.45, 2.75) is 12.4 Å². The van der Waals surface area contributed by atoms with Crippen molar-refractivity contribution in [3.63, 3.8) is 0 Å². The van der Waals surface area contributed by atoms with Gasteiger partial charge in [0.25, 0.3) is 0 Å². The van der Waals surface area contributed by atoms with Crippen molar-refractivity contribution in [2.75, 3.05) is 50.6 Å². The first-order valence-electron chi connectivity index (χ1n) is 9.03. The molecule has 7 nitrogen and oxygen atoms in total. The van der Waals surface area contributed by atoms with Gasteiger partial charge in [-0.2, -0.15) is 0 Å². The van der Waals surface area contributed by atoms with Crippen LogP contribution in [0.3, 0.4) is 0 Å². The van der Waals surface area contributed by atoms with Crippen LogP contribution in [-0.4, -0.2) is 50.8 Å². The van der Waals surface area contributed by atoms with Crippen LogP contribution in [0.2, 0.25) is 0 Å². The number of hydrogen-bond donors (Lipinski definition) is 3. The Morgan fingerprint density at radius 2 is 1.81 bits per heavy atom. The standard InChI is InChI=1S/C20H26N2O5/c21-19-17(22-9-11-24-12-10-23)7-4-8-18(19)27-16-13-25-20(26-14-16)15-5-2-1-3-6-15/h1-8,16,20,22-23H,9-14,21H2. The zero-order chi connectivity index (χ0) is 18.9. The van der Waals surface area contributed by atoms with Crippen LogP contribution in [0.4, 0.5) is 11.4 Å². The smallest absolute Gasteiger partial charge is 0.184 e. The van der Waals surface area contributed by atoms with E-state index in [0.717, 1.165) is 11.3 Å². The van der Waals surface area contributed by atoms with E-state index in [9.17, 15) is 0 Å². The van der Waals surface area contributed by atoms with Crippen molar-refractivity contribution in [2.24, 2.45) is 0 Å². The molecule has 0 spiro atoms. The number of aliphatic hydroxyl groups is 1. The Morgan fingerprint density at radius 3 is 2.56 bits per heavy atom. The van der Waals surface area contributed by atoms with E-state index in [-0.39, 0.29) is 19.0 Å². The van der Waals surface area contributed by atoms with Gasteiger partial charge in [-0.05, 0) is 12.1 Å². The van der Waals surface area contributed by atoms with Crippen molar-refractivity contribution in [1.82, 2.24) is 0 Å². The summed E-state index contributed by atoms with van der Waals surface area (Å²) in [5.74, 6) is 0.589. The van der Waals surface area contributed by atoms with E-state index in [1.165, 1.54) is 0 Å². The second-order valence-electron chi connectivity index (χ2n) is 6.13. The summed E-state index contributed by atoms with van der Waals surface area (Å²) in [4.78, 5) is 0. The molecule has 4 N–H and O–H groups in total. The zero-order valence-electron chi connectivity index (χ0n) is 15.2. The first-order valence-corrected chi connectivity index (χ1v) is 9.03. The first-order chi connectivity index (χ1) is 13.3. The minimum atomic E-state index is -0.365. The van der Waals surface area contributed by atoms with E-state index in [0.29, 0.717) is 44.4 Å². The normalized spacial score (nSPS) is 19.6. The minimum absolute atomic E-state index is 0.0160. The lowest BCUT2D eigenvalue weighted by Gasteiger charge is -2.30. The highest BCUT2D eigenvalue weighted by Crippen LogP contribution is 2.31. The lowest BCUT2D eigenvalue weighted by Crippen LogP contribution is -2.35. The number of aliphatic hydroxyl groups excluding tert-OH is 1. The fourth-order valence-electron chi connectivity index (χ4n) is 2.76. The van der Waals surface area contributed by atoms with Crippen molar-refractivity contribution in [3.8, 4) is 5.75 Å². The Balaban J connectivity index is 1.50. The largest absolute Gasteiger partial charge is 0.483 e. The van der Waals surface area contributed by atoms with Gasteiger partial charge in [-0.25, -0.2) is 0 Å². The number of nitrogen functional groups attached to an aromatic ring is 1. The molecule has 2 aromatic rings. The van der Waals surface area contributed by atoms with Gasteiger partial charge in [0.1, 0.15) is 11.9 Å². The molecule has 0 bridgehead atoms. The molecule has 0 amide bonds. The monoisotopic (exact) mass is 374 g/mol. The molecule has 0 atom stereocenters. The lowest BCUT2D eigenvalue weighted by atomic mass is 10.2. The highest BCUT2D eigenvalue weighted by atomic mass is 16.7. The summed E-state index contributed by atoms with van der Waals surface area (Å²) in [5.41, 5.74) is 8.51. The highest BCUT2D eigenvalue weighted by molar-refractivity contribution is 5.72. The van der Waals surface area contributed by atoms with Crippen molar-refractivity contribution in [1.29, 1.82) is 0 Å². The van der Waals surface area contributed by atoms with Gasteiger partial charge in [0, 0.05) is 12.1 Å². The zero-order valence-corrected chi connectivity index (χ0v) is 15.2. The van der Waals surface area contributed by atoms with E-state index < -0.39 is 0 Å². The molecule has 1 saturated heterocycles. The number of anilines is 2. The molecule has 1 aliphatic heterocycles. The molecular formula is C20H26N2O5. The molecule has 0 aliphatic carbocycles. The minimum Gasteiger partial charge on any atom is -0.483 e. The third-order valence-electron chi connectivity index (χ3n) is 4.10. The van der Waals surface area contributed by atoms with E-state index in [1.54, 1.807) is 0 Å². The Morgan fingerprint density at radius 1 is 1.04 bits per heavy atom. The van der Waals surface area contributed by atoms with Gasteiger partial charge in [-0.3, -0.25) is 0 Å². The SMILES string of the molecule is Nc1c(NCCOCCO)cccc1OC1COC(c2ccccc2)OC1.